The van der Waals surface area contributed by atoms with Crippen molar-refractivity contribution in [2.24, 2.45) is 0 Å². The number of allylic oxidation sites excluding steroid dienone is 2. The number of unbranched alkanes of at least 4 members (excludes halogenated alkanes) is 48. The minimum Gasteiger partial charge on any atom is -0.466 e. The van der Waals surface area contributed by atoms with Gasteiger partial charge in [-0.25, -0.2) is 0 Å². The third-order valence-corrected chi connectivity index (χ3v) is 15.3. The quantitative estimate of drug-likeness (QED) is 0.0320. The highest BCUT2D eigenvalue weighted by Crippen LogP contribution is 2.18. The molecule has 0 saturated heterocycles. The number of hydrogen-bond acceptors (Lipinski definition) is 5. The monoisotopic (exact) mass is 1000 g/mol. The summed E-state index contributed by atoms with van der Waals surface area (Å²) < 4.78 is 5.49. The van der Waals surface area contributed by atoms with Gasteiger partial charge in [-0.05, 0) is 51.4 Å². The number of ether oxygens (including phenoxy) is 1. The standard InChI is InChI=1S/C65H127NO5/c1-3-5-7-9-11-13-15-17-19-20-26-30-33-37-41-45-49-53-57-63(68)62(61-67)66-64(69)58-54-50-46-42-38-34-31-27-24-22-21-23-25-28-32-36-40-44-48-52-56-60-71-65(70)59-55-51-47-43-39-35-29-18-16-14-12-10-8-6-4-2/h22,24,62-63,67-68H,3-21,23,25-61H2,1-2H3,(H,66,69)/b24-22-. The first kappa shape index (κ1) is 69.6. The van der Waals surface area contributed by atoms with E-state index in [1.165, 1.54) is 295 Å². The van der Waals surface area contributed by atoms with Crippen molar-refractivity contribution < 1.29 is 24.5 Å². The first-order chi connectivity index (χ1) is 35.0. The zero-order chi connectivity index (χ0) is 51.4. The van der Waals surface area contributed by atoms with Gasteiger partial charge in [0.2, 0.25) is 5.91 Å². The predicted molar refractivity (Wildman–Crippen MR) is 310 cm³/mol. The molecule has 2 unspecified atom stereocenters. The van der Waals surface area contributed by atoms with E-state index in [4.69, 9.17) is 4.74 Å². The van der Waals surface area contributed by atoms with Crippen LogP contribution in [-0.2, 0) is 14.3 Å². The number of aliphatic hydroxyl groups is 2. The highest BCUT2D eigenvalue weighted by atomic mass is 16.5. The van der Waals surface area contributed by atoms with Gasteiger partial charge in [0.25, 0.3) is 0 Å². The highest BCUT2D eigenvalue weighted by molar-refractivity contribution is 5.76. The predicted octanol–water partition coefficient (Wildman–Crippen LogP) is 20.4. The Morgan fingerprint density at radius 2 is 0.662 bits per heavy atom. The molecular weight excluding hydrogens is 875 g/mol. The van der Waals surface area contributed by atoms with Crippen LogP contribution in [0.5, 0.6) is 0 Å². The van der Waals surface area contributed by atoms with Gasteiger partial charge in [-0.1, -0.05) is 315 Å². The summed E-state index contributed by atoms with van der Waals surface area (Å²) in [7, 11) is 0. The molecule has 1 amide bonds. The topological polar surface area (TPSA) is 95.9 Å². The Balaban J connectivity index is 3.41. The van der Waals surface area contributed by atoms with Crippen molar-refractivity contribution in [3.05, 3.63) is 12.2 Å². The number of amides is 1. The first-order valence-corrected chi connectivity index (χ1v) is 32.4. The van der Waals surface area contributed by atoms with Gasteiger partial charge < -0.3 is 20.3 Å². The molecule has 6 nitrogen and oxygen atoms in total. The second kappa shape index (κ2) is 61.1. The van der Waals surface area contributed by atoms with Gasteiger partial charge in [0.1, 0.15) is 0 Å². The molecule has 0 bridgehead atoms. The van der Waals surface area contributed by atoms with Gasteiger partial charge >= 0.3 is 5.97 Å². The molecule has 0 fully saturated rings. The van der Waals surface area contributed by atoms with Crippen LogP contribution in [-0.4, -0.2) is 47.4 Å². The average molecular weight is 1000 g/mol. The van der Waals surface area contributed by atoms with Crippen LogP contribution in [0.2, 0.25) is 0 Å². The lowest BCUT2D eigenvalue weighted by Crippen LogP contribution is -2.45. The summed E-state index contributed by atoms with van der Waals surface area (Å²) in [5.41, 5.74) is 0. The lowest BCUT2D eigenvalue weighted by atomic mass is 10.0. The zero-order valence-corrected chi connectivity index (χ0v) is 48.2. The molecule has 3 N–H and O–H groups in total. The van der Waals surface area contributed by atoms with Gasteiger partial charge in [0.15, 0.2) is 0 Å². The van der Waals surface area contributed by atoms with Crippen molar-refractivity contribution in [1.29, 1.82) is 0 Å². The number of aliphatic hydroxyl groups excluding tert-OH is 2. The normalized spacial score (nSPS) is 12.6. The maximum atomic E-state index is 12.5. The molecule has 71 heavy (non-hydrogen) atoms. The first-order valence-electron chi connectivity index (χ1n) is 32.4. The summed E-state index contributed by atoms with van der Waals surface area (Å²) in [4.78, 5) is 24.6. The fourth-order valence-electron chi connectivity index (χ4n) is 10.3. The van der Waals surface area contributed by atoms with Crippen molar-refractivity contribution in [2.75, 3.05) is 13.2 Å². The summed E-state index contributed by atoms with van der Waals surface area (Å²) in [6.45, 7) is 4.98. The molecule has 0 aromatic heterocycles. The molecule has 0 aromatic carbocycles. The van der Waals surface area contributed by atoms with Gasteiger partial charge in [0.05, 0.1) is 25.4 Å². The van der Waals surface area contributed by atoms with Crippen LogP contribution in [0.25, 0.3) is 0 Å². The second-order valence-electron chi connectivity index (χ2n) is 22.5. The van der Waals surface area contributed by atoms with Crippen molar-refractivity contribution in [1.82, 2.24) is 5.32 Å². The number of esters is 1. The van der Waals surface area contributed by atoms with E-state index in [1.807, 2.05) is 0 Å². The Morgan fingerprint density at radius 3 is 1.00 bits per heavy atom. The van der Waals surface area contributed by atoms with Gasteiger partial charge in [-0.3, -0.25) is 9.59 Å². The minimum absolute atomic E-state index is 0.0121. The number of carbonyl (C=O) groups is 2. The van der Waals surface area contributed by atoms with E-state index in [0.717, 1.165) is 38.5 Å². The van der Waals surface area contributed by atoms with Crippen LogP contribution in [0.15, 0.2) is 12.2 Å². The molecule has 0 heterocycles. The summed E-state index contributed by atoms with van der Waals surface area (Å²) >= 11 is 0. The Hall–Kier alpha value is -1.40. The van der Waals surface area contributed by atoms with Crippen LogP contribution < -0.4 is 5.32 Å². The third-order valence-electron chi connectivity index (χ3n) is 15.3. The van der Waals surface area contributed by atoms with Crippen LogP contribution in [0.1, 0.15) is 367 Å². The van der Waals surface area contributed by atoms with E-state index >= 15 is 0 Å². The second-order valence-corrected chi connectivity index (χ2v) is 22.5. The van der Waals surface area contributed by atoms with E-state index in [0.29, 0.717) is 25.9 Å². The van der Waals surface area contributed by atoms with E-state index in [9.17, 15) is 19.8 Å². The van der Waals surface area contributed by atoms with Crippen molar-refractivity contribution in [3.63, 3.8) is 0 Å². The average Bonchev–Trinajstić information content (AvgIpc) is 3.37. The molecule has 422 valence electrons. The Kier molecular flexibility index (Phi) is 59.9. The van der Waals surface area contributed by atoms with E-state index in [2.05, 4.69) is 31.3 Å². The smallest absolute Gasteiger partial charge is 0.305 e. The summed E-state index contributed by atoms with van der Waals surface area (Å²) in [5, 5.41) is 23.3. The third kappa shape index (κ3) is 57.7. The zero-order valence-electron chi connectivity index (χ0n) is 48.2. The Morgan fingerprint density at radius 1 is 0.380 bits per heavy atom. The molecule has 0 aliphatic rings. The van der Waals surface area contributed by atoms with E-state index in [-0.39, 0.29) is 18.5 Å². The Bertz CT molecular complexity index is 1060. The van der Waals surface area contributed by atoms with Gasteiger partial charge in [-0.2, -0.15) is 0 Å². The number of hydrogen-bond donors (Lipinski definition) is 3. The molecule has 2 atom stereocenters. The summed E-state index contributed by atoms with van der Waals surface area (Å²) in [6.07, 6.45) is 73.7. The van der Waals surface area contributed by atoms with Crippen molar-refractivity contribution in [2.45, 2.75) is 379 Å². The van der Waals surface area contributed by atoms with Crippen LogP contribution in [0.4, 0.5) is 0 Å². The molecule has 0 radical (unpaired) electrons. The number of rotatable bonds is 61. The van der Waals surface area contributed by atoms with Crippen LogP contribution in [0.3, 0.4) is 0 Å². The van der Waals surface area contributed by atoms with E-state index in [1.54, 1.807) is 0 Å². The molecule has 0 aliphatic heterocycles. The van der Waals surface area contributed by atoms with Crippen LogP contribution in [0, 0.1) is 0 Å². The molecule has 0 saturated carbocycles. The molecule has 0 rings (SSSR count). The fourth-order valence-corrected chi connectivity index (χ4v) is 10.3. The number of nitrogens with one attached hydrogen (secondary N) is 1. The maximum absolute atomic E-state index is 12.5. The SMILES string of the molecule is CCCCCCCCCCCCCCCCCCCCC(O)C(CO)NC(=O)CCCCCCCCC/C=C\CCCCCCCCCCCCOC(=O)CCCCCCCCCCCCCCCCC. The molecule has 6 heteroatoms. The van der Waals surface area contributed by atoms with Crippen molar-refractivity contribution >= 4 is 11.9 Å². The maximum Gasteiger partial charge on any atom is 0.305 e. The Labute approximate surface area is 444 Å². The van der Waals surface area contributed by atoms with Crippen molar-refractivity contribution in [3.8, 4) is 0 Å². The summed E-state index contributed by atoms with van der Waals surface area (Å²) in [5.74, 6) is -0.0271. The lowest BCUT2D eigenvalue weighted by molar-refractivity contribution is -0.143. The number of carbonyl (C=O) groups excluding carboxylic acids is 2. The highest BCUT2D eigenvalue weighted by Gasteiger charge is 2.20. The summed E-state index contributed by atoms with van der Waals surface area (Å²) in [6, 6.07) is -0.547. The van der Waals surface area contributed by atoms with Gasteiger partial charge in [-0.15, -0.1) is 0 Å². The van der Waals surface area contributed by atoms with Crippen LogP contribution >= 0.6 is 0 Å². The lowest BCUT2D eigenvalue weighted by Gasteiger charge is -2.22. The van der Waals surface area contributed by atoms with Gasteiger partial charge in [0, 0.05) is 12.8 Å². The largest absolute Gasteiger partial charge is 0.466 e. The molecule has 0 aliphatic carbocycles. The minimum atomic E-state index is -0.669. The van der Waals surface area contributed by atoms with E-state index < -0.39 is 12.1 Å². The molecule has 0 aromatic rings. The fraction of sp³-hybridized carbons (Fsp3) is 0.938. The molecule has 0 spiro atoms. The molecular formula is C65H127NO5.